The maximum atomic E-state index is 13.2. The van der Waals surface area contributed by atoms with E-state index in [0.29, 0.717) is 4.91 Å². The number of ether oxygens (including phenoxy) is 1. The number of carbonyl (C=O) groups is 2. The molecular weight excluding hydrogens is 384 g/mol. The van der Waals surface area contributed by atoms with Crippen molar-refractivity contribution in [1.82, 2.24) is 5.32 Å². The van der Waals surface area contributed by atoms with E-state index in [9.17, 15) is 9.59 Å². The highest BCUT2D eigenvalue weighted by molar-refractivity contribution is 8.04. The largest absolute Gasteiger partial charge is 0.497 e. The fourth-order valence-corrected chi connectivity index (χ4v) is 4.82. The van der Waals surface area contributed by atoms with Crippen LogP contribution in [0, 0.1) is 0 Å². The Hall–Kier alpha value is -2.73. The van der Waals surface area contributed by atoms with Gasteiger partial charge in [0.2, 0.25) is 5.91 Å². The van der Waals surface area contributed by atoms with Crippen LogP contribution in [-0.2, 0) is 9.59 Å². The molecule has 1 saturated carbocycles. The standard InChI is InChI=1S/C23H24N2O3S/c1-28-18-12-10-16(11-13-18)14-21-23(27)25(19-8-4-5-9-20(19)29-21)15-22(26)24-17-6-2-3-7-17/h4-5,8-14,17H,2-3,6-7,15H2,1H3,(H,24,26). The highest BCUT2D eigenvalue weighted by Crippen LogP contribution is 2.42. The molecular formula is C23H24N2O3S. The van der Waals surface area contributed by atoms with Crippen LogP contribution in [0.3, 0.4) is 0 Å². The van der Waals surface area contributed by atoms with Gasteiger partial charge in [-0.1, -0.05) is 48.9 Å². The molecule has 1 N–H and O–H groups in total. The van der Waals surface area contributed by atoms with Crippen molar-refractivity contribution in [1.29, 1.82) is 0 Å². The number of hydrogen-bond donors (Lipinski definition) is 1. The highest BCUT2D eigenvalue weighted by atomic mass is 32.2. The summed E-state index contributed by atoms with van der Waals surface area (Å²) in [5.41, 5.74) is 1.70. The number of amides is 2. The molecule has 0 atom stereocenters. The number of anilines is 1. The summed E-state index contributed by atoms with van der Waals surface area (Å²) < 4.78 is 5.20. The Balaban J connectivity index is 1.58. The summed E-state index contributed by atoms with van der Waals surface area (Å²) in [6, 6.07) is 15.5. The van der Waals surface area contributed by atoms with Gasteiger partial charge >= 0.3 is 0 Å². The molecule has 29 heavy (non-hydrogen) atoms. The number of thioether (sulfide) groups is 1. The van der Waals surface area contributed by atoms with Gasteiger partial charge in [0.1, 0.15) is 12.3 Å². The Morgan fingerprint density at radius 3 is 2.62 bits per heavy atom. The molecule has 2 aliphatic rings. The monoisotopic (exact) mass is 408 g/mol. The van der Waals surface area contributed by atoms with Crippen molar-refractivity contribution in [2.24, 2.45) is 0 Å². The molecule has 1 heterocycles. The van der Waals surface area contributed by atoms with Crippen LogP contribution in [-0.4, -0.2) is 31.5 Å². The lowest BCUT2D eigenvalue weighted by Crippen LogP contribution is -2.45. The fraction of sp³-hybridized carbons (Fsp3) is 0.304. The normalized spacial score (nSPS) is 18.0. The summed E-state index contributed by atoms with van der Waals surface area (Å²) in [6.45, 7) is 0.0346. The Bertz CT molecular complexity index is 933. The number of methoxy groups -OCH3 is 1. The first-order valence-corrected chi connectivity index (χ1v) is 10.7. The molecule has 4 rings (SSSR count). The summed E-state index contributed by atoms with van der Waals surface area (Å²) in [5, 5.41) is 3.08. The number of fused-ring (bicyclic) bond motifs is 1. The first-order chi connectivity index (χ1) is 14.1. The van der Waals surface area contributed by atoms with Crippen molar-refractivity contribution >= 4 is 35.3 Å². The maximum absolute atomic E-state index is 13.2. The number of rotatable bonds is 5. The van der Waals surface area contributed by atoms with Crippen molar-refractivity contribution in [3.63, 3.8) is 0 Å². The molecule has 6 heteroatoms. The van der Waals surface area contributed by atoms with Crippen LogP contribution in [0.5, 0.6) is 5.75 Å². The van der Waals surface area contributed by atoms with E-state index in [0.717, 1.165) is 47.6 Å². The number of benzene rings is 2. The molecule has 0 aromatic heterocycles. The molecule has 0 unspecified atom stereocenters. The van der Waals surface area contributed by atoms with E-state index < -0.39 is 0 Å². The molecule has 2 aromatic carbocycles. The molecule has 0 bridgehead atoms. The van der Waals surface area contributed by atoms with E-state index in [1.54, 1.807) is 12.0 Å². The lowest BCUT2D eigenvalue weighted by molar-refractivity contribution is -0.122. The van der Waals surface area contributed by atoms with E-state index in [-0.39, 0.29) is 24.4 Å². The van der Waals surface area contributed by atoms with Gasteiger partial charge in [-0.15, -0.1) is 0 Å². The van der Waals surface area contributed by atoms with Crippen molar-refractivity contribution in [3.8, 4) is 5.75 Å². The average molecular weight is 409 g/mol. The number of para-hydroxylation sites is 1. The van der Waals surface area contributed by atoms with Crippen LogP contribution < -0.4 is 15.0 Å². The van der Waals surface area contributed by atoms with Crippen molar-refractivity contribution in [2.75, 3.05) is 18.6 Å². The average Bonchev–Trinajstić information content (AvgIpc) is 3.24. The van der Waals surface area contributed by atoms with Gasteiger partial charge in [0.15, 0.2) is 0 Å². The molecule has 2 amide bonds. The lowest BCUT2D eigenvalue weighted by atomic mass is 10.2. The topological polar surface area (TPSA) is 58.6 Å². The minimum atomic E-state index is -0.147. The molecule has 0 radical (unpaired) electrons. The zero-order valence-electron chi connectivity index (χ0n) is 16.4. The van der Waals surface area contributed by atoms with Crippen LogP contribution >= 0.6 is 11.8 Å². The van der Waals surface area contributed by atoms with Gasteiger partial charge < -0.3 is 10.1 Å². The zero-order chi connectivity index (χ0) is 20.2. The number of nitrogens with zero attached hydrogens (tertiary/aromatic N) is 1. The van der Waals surface area contributed by atoms with E-state index in [1.165, 1.54) is 11.8 Å². The van der Waals surface area contributed by atoms with Gasteiger partial charge in [0.25, 0.3) is 5.91 Å². The van der Waals surface area contributed by atoms with Crippen molar-refractivity contribution in [3.05, 3.63) is 59.0 Å². The molecule has 1 aliphatic carbocycles. The second-order valence-electron chi connectivity index (χ2n) is 7.29. The van der Waals surface area contributed by atoms with E-state index >= 15 is 0 Å². The van der Waals surface area contributed by atoms with Crippen LogP contribution in [0.25, 0.3) is 6.08 Å². The smallest absolute Gasteiger partial charge is 0.265 e. The van der Waals surface area contributed by atoms with Crippen LogP contribution in [0.15, 0.2) is 58.3 Å². The fourth-order valence-electron chi connectivity index (χ4n) is 3.76. The van der Waals surface area contributed by atoms with Gasteiger partial charge in [0.05, 0.1) is 17.7 Å². The molecule has 1 fully saturated rings. The third-order valence-electron chi connectivity index (χ3n) is 5.27. The summed E-state index contributed by atoms with van der Waals surface area (Å²) in [4.78, 5) is 29.0. The molecule has 150 valence electrons. The molecule has 0 saturated heterocycles. The van der Waals surface area contributed by atoms with Crippen molar-refractivity contribution < 1.29 is 14.3 Å². The number of carbonyl (C=O) groups excluding carboxylic acids is 2. The van der Waals surface area contributed by atoms with Crippen LogP contribution in [0.2, 0.25) is 0 Å². The minimum Gasteiger partial charge on any atom is -0.497 e. The Labute approximate surface area is 175 Å². The number of hydrogen-bond acceptors (Lipinski definition) is 4. The lowest BCUT2D eigenvalue weighted by Gasteiger charge is -2.30. The zero-order valence-corrected chi connectivity index (χ0v) is 17.2. The highest BCUT2D eigenvalue weighted by Gasteiger charge is 2.31. The quantitative estimate of drug-likeness (QED) is 0.752. The van der Waals surface area contributed by atoms with Crippen LogP contribution in [0.1, 0.15) is 31.2 Å². The molecule has 2 aromatic rings. The van der Waals surface area contributed by atoms with Crippen LogP contribution in [0.4, 0.5) is 5.69 Å². The molecule has 0 spiro atoms. The second kappa shape index (κ2) is 8.74. The Kier molecular flexibility index (Phi) is 5.90. The molecule has 1 aliphatic heterocycles. The van der Waals surface area contributed by atoms with Gasteiger partial charge in [-0.25, -0.2) is 0 Å². The van der Waals surface area contributed by atoms with E-state index in [2.05, 4.69) is 5.32 Å². The van der Waals surface area contributed by atoms with Crippen molar-refractivity contribution in [2.45, 2.75) is 36.6 Å². The van der Waals surface area contributed by atoms with E-state index in [1.807, 2.05) is 54.6 Å². The van der Waals surface area contributed by atoms with E-state index in [4.69, 9.17) is 4.74 Å². The summed E-state index contributed by atoms with van der Waals surface area (Å²) in [6.07, 6.45) is 6.22. The van der Waals surface area contributed by atoms with Gasteiger partial charge in [-0.2, -0.15) is 0 Å². The summed E-state index contributed by atoms with van der Waals surface area (Å²) in [5.74, 6) is 0.521. The van der Waals surface area contributed by atoms with Gasteiger partial charge in [-0.05, 0) is 48.7 Å². The summed E-state index contributed by atoms with van der Waals surface area (Å²) >= 11 is 1.44. The minimum absolute atomic E-state index is 0.0346. The van der Waals surface area contributed by atoms with Gasteiger partial charge in [-0.3, -0.25) is 14.5 Å². The SMILES string of the molecule is COc1ccc(C=C2Sc3ccccc3N(CC(=O)NC3CCCC3)C2=O)cc1. The number of nitrogens with one attached hydrogen (secondary N) is 1. The first kappa shape index (κ1) is 19.6. The second-order valence-corrected chi connectivity index (χ2v) is 8.38. The Morgan fingerprint density at radius 1 is 1.17 bits per heavy atom. The predicted octanol–water partition coefficient (Wildman–Crippen LogP) is 4.23. The van der Waals surface area contributed by atoms with Gasteiger partial charge in [0, 0.05) is 10.9 Å². The Morgan fingerprint density at radius 2 is 1.90 bits per heavy atom. The predicted molar refractivity (Wildman–Crippen MR) is 116 cm³/mol. The maximum Gasteiger partial charge on any atom is 0.265 e. The first-order valence-electron chi connectivity index (χ1n) is 9.88. The summed E-state index contributed by atoms with van der Waals surface area (Å²) in [7, 11) is 1.62. The third-order valence-corrected chi connectivity index (χ3v) is 6.34. The molecule has 5 nitrogen and oxygen atoms in total. The third kappa shape index (κ3) is 4.48.